The molecule has 0 fully saturated rings. The van der Waals surface area contributed by atoms with Crippen LogP contribution in [0.2, 0.25) is 0 Å². The number of benzene rings is 2. The molecule has 2 aromatic rings. The number of hydrogen-bond donors (Lipinski definition) is 2. The number of rotatable bonds is 7. The molecule has 0 atom stereocenters. The van der Waals surface area contributed by atoms with Crippen molar-refractivity contribution in [3.05, 3.63) is 53.6 Å². The van der Waals surface area contributed by atoms with E-state index in [1.54, 1.807) is 38.5 Å². The van der Waals surface area contributed by atoms with Crippen molar-refractivity contribution in [2.75, 3.05) is 26.1 Å². The molecule has 6 nitrogen and oxygen atoms in total. The summed E-state index contributed by atoms with van der Waals surface area (Å²) < 4.78 is 10.5. The first-order chi connectivity index (χ1) is 12.0. The fourth-order valence-corrected chi connectivity index (χ4v) is 2.43. The number of methoxy groups -OCH3 is 2. The van der Waals surface area contributed by atoms with Crippen molar-refractivity contribution in [2.45, 2.75) is 13.3 Å². The summed E-state index contributed by atoms with van der Waals surface area (Å²) in [4.78, 5) is 23.4. The Kier molecular flexibility index (Phi) is 6.39. The molecule has 6 heteroatoms. The molecule has 0 bridgehead atoms. The maximum absolute atomic E-state index is 12.3. The van der Waals surface area contributed by atoms with Crippen molar-refractivity contribution in [1.29, 1.82) is 0 Å². The summed E-state index contributed by atoms with van der Waals surface area (Å²) >= 11 is 0. The molecule has 2 rings (SSSR count). The van der Waals surface area contributed by atoms with Crippen molar-refractivity contribution in [3.63, 3.8) is 0 Å². The molecular formula is C19H22N2O4. The molecule has 0 heterocycles. The highest BCUT2D eigenvalue weighted by atomic mass is 16.5. The summed E-state index contributed by atoms with van der Waals surface area (Å²) in [6.45, 7) is 1.88. The molecule has 0 aromatic heterocycles. The zero-order valence-electron chi connectivity index (χ0n) is 14.6. The Bertz CT molecular complexity index is 759. The first-order valence-electron chi connectivity index (χ1n) is 7.90. The molecule has 0 saturated carbocycles. The number of nitrogens with one attached hydrogen (secondary N) is 2. The number of carbonyl (C=O) groups excluding carboxylic acids is 2. The molecule has 0 radical (unpaired) electrons. The van der Waals surface area contributed by atoms with Gasteiger partial charge in [0.1, 0.15) is 11.5 Å². The Morgan fingerprint density at radius 1 is 1.04 bits per heavy atom. The van der Waals surface area contributed by atoms with Gasteiger partial charge in [0, 0.05) is 24.7 Å². The second-order valence-electron chi connectivity index (χ2n) is 5.45. The molecule has 2 aromatic carbocycles. The lowest BCUT2D eigenvalue weighted by Gasteiger charge is -2.11. The number of anilines is 1. The molecule has 0 aliphatic carbocycles. The van der Waals surface area contributed by atoms with Gasteiger partial charge in [-0.25, -0.2) is 0 Å². The number of amides is 2. The van der Waals surface area contributed by atoms with Crippen LogP contribution in [-0.4, -0.2) is 32.6 Å². The van der Waals surface area contributed by atoms with Crippen molar-refractivity contribution in [3.8, 4) is 11.5 Å². The third-order valence-electron chi connectivity index (χ3n) is 3.61. The molecule has 25 heavy (non-hydrogen) atoms. The van der Waals surface area contributed by atoms with Gasteiger partial charge in [-0.2, -0.15) is 0 Å². The third-order valence-corrected chi connectivity index (χ3v) is 3.61. The zero-order valence-corrected chi connectivity index (χ0v) is 14.6. The minimum atomic E-state index is -0.200. The van der Waals surface area contributed by atoms with Gasteiger partial charge in [0.05, 0.1) is 14.2 Å². The molecule has 0 aliphatic rings. The molecule has 0 unspecified atom stereocenters. The topological polar surface area (TPSA) is 76.7 Å². The quantitative estimate of drug-likeness (QED) is 0.811. The number of ether oxygens (including phenoxy) is 2. The summed E-state index contributed by atoms with van der Waals surface area (Å²) in [5, 5.41) is 5.53. The summed E-state index contributed by atoms with van der Waals surface area (Å²) in [6, 6.07) is 12.4. The first-order valence-corrected chi connectivity index (χ1v) is 7.90. The van der Waals surface area contributed by atoms with Gasteiger partial charge in [-0.3, -0.25) is 9.59 Å². The largest absolute Gasteiger partial charge is 0.497 e. The minimum absolute atomic E-state index is 0.178. The van der Waals surface area contributed by atoms with E-state index in [2.05, 4.69) is 10.6 Å². The van der Waals surface area contributed by atoms with Crippen LogP contribution in [-0.2, 0) is 11.2 Å². The molecule has 2 amide bonds. The maximum atomic E-state index is 12.3. The van der Waals surface area contributed by atoms with E-state index in [1.165, 1.54) is 6.92 Å². The van der Waals surface area contributed by atoms with Gasteiger partial charge in [-0.15, -0.1) is 0 Å². The molecule has 0 spiro atoms. The summed E-state index contributed by atoms with van der Waals surface area (Å²) in [5.41, 5.74) is 2.03. The fourth-order valence-electron chi connectivity index (χ4n) is 2.43. The van der Waals surface area contributed by atoms with Crippen LogP contribution in [0.5, 0.6) is 11.5 Å². The molecule has 132 valence electrons. The fraction of sp³-hybridized carbons (Fsp3) is 0.263. The third kappa shape index (κ3) is 5.24. The van der Waals surface area contributed by atoms with Crippen LogP contribution in [0.3, 0.4) is 0 Å². The van der Waals surface area contributed by atoms with Crippen LogP contribution in [0.25, 0.3) is 0 Å². The second-order valence-corrected chi connectivity index (χ2v) is 5.45. The first kappa shape index (κ1) is 18.3. The standard InChI is InChI=1S/C19H22N2O4/c1-13(22)21-16-6-4-5-15(11-16)19(23)20-10-9-14-12-17(24-2)7-8-18(14)25-3/h4-8,11-12H,9-10H2,1-3H3,(H,20,23)(H,21,22). The Labute approximate surface area is 147 Å². The summed E-state index contributed by atoms with van der Waals surface area (Å²) in [7, 11) is 3.22. The molecular weight excluding hydrogens is 320 g/mol. The second kappa shape index (κ2) is 8.73. The van der Waals surface area contributed by atoms with E-state index in [4.69, 9.17) is 9.47 Å². The van der Waals surface area contributed by atoms with Crippen molar-refractivity contribution >= 4 is 17.5 Å². The van der Waals surface area contributed by atoms with Gasteiger partial charge in [-0.05, 0) is 48.4 Å². The van der Waals surface area contributed by atoms with Gasteiger partial charge >= 0.3 is 0 Å². The predicted octanol–water partition coefficient (Wildman–Crippen LogP) is 2.63. The van der Waals surface area contributed by atoms with Crippen LogP contribution in [0, 0.1) is 0 Å². The van der Waals surface area contributed by atoms with Gasteiger partial charge in [0.15, 0.2) is 0 Å². The van der Waals surface area contributed by atoms with Gasteiger partial charge in [-0.1, -0.05) is 6.07 Å². The van der Waals surface area contributed by atoms with Crippen LogP contribution >= 0.6 is 0 Å². The van der Waals surface area contributed by atoms with Crippen molar-refractivity contribution < 1.29 is 19.1 Å². The highest BCUT2D eigenvalue weighted by molar-refractivity contribution is 5.96. The lowest BCUT2D eigenvalue weighted by molar-refractivity contribution is -0.114. The van der Waals surface area contributed by atoms with E-state index in [0.717, 1.165) is 17.1 Å². The average Bonchev–Trinajstić information content (AvgIpc) is 2.61. The summed E-state index contributed by atoms with van der Waals surface area (Å²) in [6.07, 6.45) is 0.609. The molecule has 0 saturated heterocycles. The Morgan fingerprint density at radius 2 is 1.84 bits per heavy atom. The van der Waals surface area contributed by atoms with E-state index in [1.807, 2.05) is 18.2 Å². The van der Waals surface area contributed by atoms with Crippen molar-refractivity contribution in [1.82, 2.24) is 5.32 Å². The molecule has 2 N–H and O–H groups in total. The Hall–Kier alpha value is -3.02. The highest BCUT2D eigenvalue weighted by Gasteiger charge is 2.09. The lowest BCUT2D eigenvalue weighted by atomic mass is 10.1. The predicted molar refractivity (Wildman–Crippen MR) is 96.3 cm³/mol. The molecule has 0 aliphatic heterocycles. The van der Waals surface area contributed by atoms with E-state index in [9.17, 15) is 9.59 Å². The van der Waals surface area contributed by atoms with Crippen LogP contribution in [0.15, 0.2) is 42.5 Å². The number of carbonyl (C=O) groups is 2. The average molecular weight is 342 g/mol. The van der Waals surface area contributed by atoms with E-state index < -0.39 is 0 Å². The smallest absolute Gasteiger partial charge is 0.251 e. The maximum Gasteiger partial charge on any atom is 0.251 e. The summed E-state index contributed by atoms with van der Waals surface area (Å²) in [5.74, 6) is 1.12. The number of hydrogen-bond acceptors (Lipinski definition) is 4. The zero-order chi connectivity index (χ0) is 18.2. The Balaban J connectivity index is 1.98. The minimum Gasteiger partial charge on any atom is -0.497 e. The van der Waals surface area contributed by atoms with Gasteiger partial charge in [0.2, 0.25) is 5.91 Å². The highest BCUT2D eigenvalue weighted by Crippen LogP contribution is 2.24. The monoisotopic (exact) mass is 342 g/mol. The van der Waals surface area contributed by atoms with Gasteiger partial charge < -0.3 is 20.1 Å². The van der Waals surface area contributed by atoms with Crippen LogP contribution < -0.4 is 20.1 Å². The normalized spacial score (nSPS) is 10.0. The SMILES string of the molecule is COc1ccc(OC)c(CCNC(=O)c2cccc(NC(C)=O)c2)c1. The van der Waals surface area contributed by atoms with E-state index in [-0.39, 0.29) is 11.8 Å². The van der Waals surface area contributed by atoms with E-state index >= 15 is 0 Å². The van der Waals surface area contributed by atoms with Gasteiger partial charge in [0.25, 0.3) is 5.91 Å². The van der Waals surface area contributed by atoms with Crippen LogP contribution in [0.4, 0.5) is 5.69 Å². The van der Waals surface area contributed by atoms with E-state index in [0.29, 0.717) is 24.2 Å². The Morgan fingerprint density at radius 3 is 2.52 bits per heavy atom. The van der Waals surface area contributed by atoms with Crippen LogP contribution in [0.1, 0.15) is 22.8 Å². The van der Waals surface area contributed by atoms with Crippen molar-refractivity contribution in [2.24, 2.45) is 0 Å². The lowest BCUT2D eigenvalue weighted by Crippen LogP contribution is -2.26.